The van der Waals surface area contributed by atoms with Crippen molar-refractivity contribution < 1.29 is 19.2 Å². The molecule has 0 fully saturated rings. The predicted octanol–water partition coefficient (Wildman–Crippen LogP) is 3.66. The summed E-state index contributed by atoms with van der Waals surface area (Å²) in [4.78, 5) is 51.9. The van der Waals surface area contributed by atoms with E-state index in [2.05, 4.69) is 10.6 Å². The molecule has 2 N–H and O–H groups in total. The number of ketones is 2. The number of Topliss-reactive ketones (excluding diaryl/α,β-unsaturated/α-hetero) is 2. The molecule has 2 aliphatic carbocycles. The second-order valence-electron chi connectivity index (χ2n) is 8.87. The zero-order valence-corrected chi connectivity index (χ0v) is 17.8. The molecule has 6 heteroatoms. The Morgan fingerprint density at radius 2 is 1.09 bits per heavy atom. The smallest absolute Gasteiger partial charge is 0.257 e. The minimum atomic E-state index is -0.330. The molecule has 0 saturated heterocycles. The Morgan fingerprint density at radius 1 is 0.500 bits per heavy atom. The van der Waals surface area contributed by atoms with Crippen LogP contribution in [0.2, 0.25) is 0 Å². The standard InChI is InChI=1S/C28H16N2O4/c31-21-10-13-5-1-2-6-15(13)23(21)26-18-9-14-11-22(32)24(17(14)12-20(18)30-28(26)34)25-16-7-3-4-8-19(16)29-27(25)33/h1-9,12H,10-11H2,(H,29,33)(H,30,34)/b25-24+,26-23+. The van der Waals surface area contributed by atoms with Gasteiger partial charge in [-0.05, 0) is 40.5 Å². The largest absolute Gasteiger partial charge is 0.321 e. The quantitative estimate of drug-likeness (QED) is 0.518. The van der Waals surface area contributed by atoms with Gasteiger partial charge in [-0.3, -0.25) is 19.2 Å². The van der Waals surface area contributed by atoms with Crippen molar-refractivity contribution in [1.29, 1.82) is 0 Å². The highest BCUT2D eigenvalue weighted by molar-refractivity contribution is 6.49. The van der Waals surface area contributed by atoms with Crippen molar-refractivity contribution in [1.82, 2.24) is 0 Å². The summed E-state index contributed by atoms with van der Waals surface area (Å²) >= 11 is 0. The number of hydrogen-bond acceptors (Lipinski definition) is 4. The number of amides is 2. The molecule has 0 unspecified atom stereocenters. The van der Waals surface area contributed by atoms with Crippen molar-refractivity contribution in [3.63, 3.8) is 0 Å². The Balaban J connectivity index is 1.45. The summed E-state index contributed by atoms with van der Waals surface area (Å²) in [6.45, 7) is 0. The number of benzene rings is 3. The highest BCUT2D eigenvalue weighted by Crippen LogP contribution is 2.47. The molecule has 2 heterocycles. The van der Waals surface area contributed by atoms with Crippen LogP contribution in [-0.4, -0.2) is 23.4 Å². The Bertz CT molecular complexity index is 1500. The molecule has 3 aromatic carbocycles. The molecule has 0 spiro atoms. The van der Waals surface area contributed by atoms with Crippen molar-refractivity contribution in [2.45, 2.75) is 12.8 Å². The number of hydrogen-bond donors (Lipinski definition) is 2. The first kappa shape index (κ1) is 18.9. The van der Waals surface area contributed by atoms with Crippen molar-refractivity contribution in [2.24, 2.45) is 0 Å². The predicted molar refractivity (Wildman–Crippen MR) is 128 cm³/mol. The maximum Gasteiger partial charge on any atom is 0.257 e. The van der Waals surface area contributed by atoms with Crippen LogP contribution in [0.15, 0.2) is 60.7 Å². The van der Waals surface area contributed by atoms with E-state index in [0.29, 0.717) is 50.4 Å². The van der Waals surface area contributed by atoms with E-state index in [9.17, 15) is 19.2 Å². The minimum Gasteiger partial charge on any atom is -0.321 e. The van der Waals surface area contributed by atoms with Crippen LogP contribution in [0.5, 0.6) is 0 Å². The first-order valence-corrected chi connectivity index (χ1v) is 11.0. The van der Waals surface area contributed by atoms with Crippen molar-refractivity contribution in [3.8, 4) is 0 Å². The number of carbonyl (C=O) groups is 4. The van der Waals surface area contributed by atoms with Crippen molar-refractivity contribution in [2.75, 3.05) is 10.6 Å². The summed E-state index contributed by atoms with van der Waals surface area (Å²) in [5.41, 5.74) is 7.15. The number of para-hydroxylation sites is 1. The zero-order chi connectivity index (χ0) is 23.1. The van der Waals surface area contributed by atoms with E-state index in [1.165, 1.54) is 0 Å². The van der Waals surface area contributed by atoms with Gasteiger partial charge in [0.05, 0.1) is 11.1 Å². The number of rotatable bonds is 0. The van der Waals surface area contributed by atoms with Gasteiger partial charge in [0.25, 0.3) is 11.8 Å². The monoisotopic (exact) mass is 444 g/mol. The van der Waals surface area contributed by atoms with Gasteiger partial charge >= 0.3 is 0 Å². The van der Waals surface area contributed by atoms with E-state index >= 15 is 0 Å². The van der Waals surface area contributed by atoms with Crippen LogP contribution in [0.3, 0.4) is 0 Å². The fraction of sp³-hybridized carbons (Fsp3) is 0.0714. The van der Waals surface area contributed by atoms with Gasteiger partial charge in [-0.2, -0.15) is 0 Å². The van der Waals surface area contributed by atoms with Crippen LogP contribution in [0.4, 0.5) is 11.4 Å². The van der Waals surface area contributed by atoms with E-state index in [-0.39, 0.29) is 36.2 Å². The lowest BCUT2D eigenvalue weighted by molar-refractivity contribution is -0.114. The molecule has 3 aromatic rings. The van der Waals surface area contributed by atoms with Gasteiger partial charge < -0.3 is 10.6 Å². The van der Waals surface area contributed by atoms with Gasteiger partial charge in [-0.25, -0.2) is 0 Å². The summed E-state index contributed by atoms with van der Waals surface area (Å²) in [7, 11) is 0. The summed E-state index contributed by atoms with van der Waals surface area (Å²) in [5, 5.41) is 5.71. The van der Waals surface area contributed by atoms with Crippen LogP contribution < -0.4 is 10.6 Å². The highest BCUT2D eigenvalue weighted by atomic mass is 16.2. The third-order valence-corrected chi connectivity index (χ3v) is 6.98. The lowest BCUT2D eigenvalue weighted by Gasteiger charge is -2.08. The van der Waals surface area contributed by atoms with Crippen LogP contribution in [-0.2, 0) is 32.0 Å². The lowest BCUT2D eigenvalue weighted by Crippen LogP contribution is -2.08. The van der Waals surface area contributed by atoms with Crippen LogP contribution in [0.1, 0.15) is 33.4 Å². The van der Waals surface area contributed by atoms with E-state index in [0.717, 1.165) is 16.7 Å². The maximum atomic E-state index is 13.1. The molecule has 4 aliphatic rings. The number of anilines is 2. The molecule has 0 atom stereocenters. The fourth-order valence-electron chi connectivity index (χ4n) is 5.54. The average molecular weight is 444 g/mol. The fourth-order valence-corrected chi connectivity index (χ4v) is 5.54. The molecule has 162 valence electrons. The SMILES string of the molecule is O=C1Cc2cc3c(cc2/C1=C1\C(=O)Nc2ccccc21)NC(=O)/C3=C1/C(=O)Cc2ccccc21. The highest BCUT2D eigenvalue weighted by Gasteiger charge is 2.39. The summed E-state index contributed by atoms with van der Waals surface area (Å²) in [5.74, 6) is -0.859. The van der Waals surface area contributed by atoms with Gasteiger partial charge in [0.15, 0.2) is 11.6 Å². The summed E-state index contributed by atoms with van der Waals surface area (Å²) in [6, 6.07) is 18.4. The first-order valence-electron chi connectivity index (χ1n) is 11.0. The van der Waals surface area contributed by atoms with Crippen molar-refractivity contribution >= 4 is 57.0 Å². The van der Waals surface area contributed by atoms with Gasteiger partial charge in [0.2, 0.25) is 0 Å². The molecule has 2 amide bonds. The normalized spacial score (nSPS) is 21.9. The molecular formula is C28H16N2O4. The van der Waals surface area contributed by atoms with E-state index in [1.54, 1.807) is 12.1 Å². The first-order chi connectivity index (χ1) is 16.5. The Morgan fingerprint density at radius 3 is 1.88 bits per heavy atom. The molecule has 0 saturated carbocycles. The molecule has 0 aromatic heterocycles. The molecule has 7 rings (SSSR count). The van der Waals surface area contributed by atoms with Crippen LogP contribution >= 0.6 is 0 Å². The Hall–Kier alpha value is -4.58. The van der Waals surface area contributed by atoms with E-state index in [1.807, 2.05) is 48.5 Å². The molecular weight excluding hydrogens is 428 g/mol. The average Bonchev–Trinajstić information content (AvgIpc) is 3.51. The minimum absolute atomic E-state index is 0.0854. The second-order valence-corrected chi connectivity index (χ2v) is 8.87. The van der Waals surface area contributed by atoms with E-state index in [4.69, 9.17) is 0 Å². The molecule has 0 radical (unpaired) electrons. The molecule has 0 bridgehead atoms. The number of fused-ring (bicyclic) bond motifs is 4. The zero-order valence-electron chi connectivity index (χ0n) is 17.8. The summed E-state index contributed by atoms with van der Waals surface area (Å²) < 4.78 is 0. The van der Waals surface area contributed by atoms with Crippen LogP contribution in [0, 0.1) is 0 Å². The second kappa shape index (κ2) is 6.48. The molecule has 2 aliphatic heterocycles. The summed E-state index contributed by atoms with van der Waals surface area (Å²) in [6.07, 6.45) is 0.407. The van der Waals surface area contributed by atoms with Gasteiger partial charge in [0.1, 0.15) is 0 Å². The van der Waals surface area contributed by atoms with Crippen molar-refractivity contribution in [3.05, 3.63) is 94.0 Å². The lowest BCUT2D eigenvalue weighted by atomic mass is 9.92. The molecule has 6 nitrogen and oxygen atoms in total. The van der Waals surface area contributed by atoms with Gasteiger partial charge in [-0.1, -0.05) is 42.5 Å². The van der Waals surface area contributed by atoms with E-state index < -0.39 is 0 Å². The Kier molecular flexibility index (Phi) is 3.61. The van der Waals surface area contributed by atoms with Gasteiger partial charge in [-0.15, -0.1) is 0 Å². The third-order valence-electron chi connectivity index (χ3n) is 6.98. The maximum absolute atomic E-state index is 13.1. The molecule has 34 heavy (non-hydrogen) atoms. The Labute approximate surface area is 194 Å². The number of allylic oxidation sites excluding steroid dienone is 2. The number of carbonyl (C=O) groups excluding carboxylic acids is 4. The number of nitrogens with one attached hydrogen (secondary N) is 2. The van der Waals surface area contributed by atoms with Crippen LogP contribution in [0.25, 0.3) is 22.3 Å². The third kappa shape index (κ3) is 2.39. The topological polar surface area (TPSA) is 92.3 Å². The van der Waals surface area contributed by atoms with Gasteiger partial charge in [0, 0.05) is 46.5 Å².